The molecule has 0 saturated carbocycles. The molecule has 1 aromatic rings. The summed E-state index contributed by atoms with van der Waals surface area (Å²) < 4.78 is 4.74. The monoisotopic (exact) mass is 154 g/mol. The van der Waals surface area contributed by atoms with Crippen LogP contribution in [-0.2, 0) is 0 Å². The zero-order chi connectivity index (χ0) is 8.10. The van der Waals surface area contributed by atoms with Crippen molar-refractivity contribution in [2.24, 2.45) is 0 Å². The summed E-state index contributed by atoms with van der Waals surface area (Å²) in [7, 11) is 0. The minimum Gasteiger partial charge on any atom is -0.349 e. The molecule has 0 aliphatic carbocycles. The molecule has 0 aliphatic rings. The summed E-state index contributed by atoms with van der Waals surface area (Å²) in [5.74, 6) is 0.527. The van der Waals surface area contributed by atoms with Crippen LogP contribution < -0.4 is 5.32 Å². The third-order valence-corrected chi connectivity index (χ3v) is 1.65. The number of aromatic nitrogens is 2. The van der Waals surface area contributed by atoms with Crippen LogP contribution in [0.2, 0.25) is 0 Å². The molecule has 1 rings (SSSR count). The average Bonchev–Trinajstić information content (AvgIpc) is 2.52. The quantitative estimate of drug-likeness (QED) is 0.713. The predicted molar refractivity (Wildman–Crippen MR) is 41.1 cm³/mol. The highest BCUT2D eigenvalue weighted by Gasteiger charge is 2.05. The lowest BCUT2D eigenvalue weighted by Gasteiger charge is -2.11. The van der Waals surface area contributed by atoms with E-state index in [1.807, 2.05) is 0 Å². The number of hydrogen-bond donors (Lipinski definition) is 1. The molecule has 4 nitrogen and oxygen atoms in total. The summed E-state index contributed by atoms with van der Waals surface area (Å²) in [5, 5.41) is 9.85. The first-order valence-electron chi connectivity index (χ1n) is 3.83. The van der Waals surface area contributed by atoms with Gasteiger partial charge in [0.05, 0.1) is 0 Å². The molecule has 1 radical (unpaired) electrons. The molecule has 4 heteroatoms. The standard InChI is InChI=1S/C7H12N3O/c1-3-6(4-2)9-7-5-8-10-11-7/h6,9H,3-4H2,1-2H3. The lowest BCUT2D eigenvalue weighted by molar-refractivity contribution is 0.399. The normalized spacial score (nSPS) is 10.5. The van der Waals surface area contributed by atoms with E-state index in [0.29, 0.717) is 11.9 Å². The Labute approximate surface area is 66.0 Å². The second-order valence-corrected chi connectivity index (χ2v) is 2.37. The molecule has 11 heavy (non-hydrogen) atoms. The van der Waals surface area contributed by atoms with Crippen LogP contribution in [0.15, 0.2) is 4.52 Å². The van der Waals surface area contributed by atoms with Crippen LogP contribution >= 0.6 is 0 Å². The zero-order valence-electron chi connectivity index (χ0n) is 6.79. The summed E-state index contributed by atoms with van der Waals surface area (Å²) in [5.41, 5.74) is 0. The molecule has 61 valence electrons. The van der Waals surface area contributed by atoms with Crippen LogP contribution in [0, 0.1) is 6.20 Å². The van der Waals surface area contributed by atoms with Crippen molar-refractivity contribution in [3.8, 4) is 0 Å². The average molecular weight is 154 g/mol. The van der Waals surface area contributed by atoms with Crippen molar-refractivity contribution >= 4 is 5.88 Å². The van der Waals surface area contributed by atoms with E-state index >= 15 is 0 Å². The molecule has 0 amide bonds. The summed E-state index contributed by atoms with van der Waals surface area (Å²) in [4.78, 5) is 0. The van der Waals surface area contributed by atoms with Crippen molar-refractivity contribution in [2.75, 3.05) is 5.32 Å². The maximum atomic E-state index is 4.74. The van der Waals surface area contributed by atoms with Gasteiger partial charge < -0.3 is 9.84 Å². The van der Waals surface area contributed by atoms with Crippen LogP contribution in [-0.4, -0.2) is 16.4 Å². The summed E-state index contributed by atoms with van der Waals surface area (Å²) >= 11 is 0. The van der Waals surface area contributed by atoms with Crippen LogP contribution in [0.1, 0.15) is 26.7 Å². The van der Waals surface area contributed by atoms with Crippen molar-refractivity contribution in [3.05, 3.63) is 6.20 Å². The fourth-order valence-electron chi connectivity index (χ4n) is 0.884. The number of nitrogens with one attached hydrogen (secondary N) is 1. The first-order chi connectivity index (χ1) is 5.36. The van der Waals surface area contributed by atoms with Crippen LogP contribution in [0.5, 0.6) is 0 Å². The molecule has 0 fully saturated rings. The van der Waals surface area contributed by atoms with Gasteiger partial charge in [-0.15, -0.1) is 5.10 Å². The molecule has 0 saturated heterocycles. The van der Waals surface area contributed by atoms with E-state index in [4.69, 9.17) is 4.52 Å². The first kappa shape index (κ1) is 8.04. The third kappa shape index (κ3) is 2.22. The number of rotatable bonds is 4. The Hall–Kier alpha value is -1.06. The molecule has 0 spiro atoms. The van der Waals surface area contributed by atoms with E-state index in [-0.39, 0.29) is 0 Å². The molecule has 0 unspecified atom stereocenters. The summed E-state index contributed by atoms with van der Waals surface area (Å²) in [6.45, 7) is 4.23. The van der Waals surface area contributed by atoms with Gasteiger partial charge in [-0.2, -0.15) is 0 Å². The highest BCUT2D eigenvalue weighted by atomic mass is 16.5. The fourth-order valence-corrected chi connectivity index (χ4v) is 0.884. The van der Waals surface area contributed by atoms with Gasteiger partial charge in [-0.3, -0.25) is 0 Å². The van der Waals surface area contributed by atoms with E-state index in [2.05, 4.69) is 35.7 Å². The molecule has 0 aliphatic heterocycles. The Balaban J connectivity index is 2.41. The van der Waals surface area contributed by atoms with E-state index in [0.717, 1.165) is 12.8 Å². The second-order valence-electron chi connectivity index (χ2n) is 2.37. The Morgan fingerprint density at radius 1 is 1.55 bits per heavy atom. The van der Waals surface area contributed by atoms with Crippen molar-refractivity contribution in [1.29, 1.82) is 0 Å². The zero-order valence-corrected chi connectivity index (χ0v) is 6.79. The fraction of sp³-hybridized carbons (Fsp3) is 0.714. The van der Waals surface area contributed by atoms with Crippen LogP contribution in [0.4, 0.5) is 5.88 Å². The Bertz CT molecular complexity index is 182. The molecule has 0 bridgehead atoms. The second kappa shape index (κ2) is 3.95. The highest BCUT2D eigenvalue weighted by molar-refractivity contribution is 5.24. The van der Waals surface area contributed by atoms with Gasteiger partial charge >= 0.3 is 0 Å². The Kier molecular flexibility index (Phi) is 2.89. The van der Waals surface area contributed by atoms with Crippen molar-refractivity contribution in [3.63, 3.8) is 0 Å². The Morgan fingerprint density at radius 3 is 2.73 bits per heavy atom. The van der Waals surface area contributed by atoms with Crippen LogP contribution in [0.25, 0.3) is 0 Å². The molecule has 0 atom stereocenters. The third-order valence-electron chi connectivity index (χ3n) is 1.65. The smallest absolute Gasteiger partial charge is 0.255 e. The SMILES string of the molecule is CCC(CC)Nc1[c]nno1. The Morgan fingerprint density at radius 2 is 2.27 bits per heavy atom. The van der Waals surface area contributed by atoms with E-state index in [1.165, 1.54) is 0 Å². The lowest BCUT2D eigenvalue weighted by atomic mass is 10.2. The van der Waals surface area contributed by atoms with E-state index < -0.39 is 0 Å². The van der Waals surface area contributed by atoms with Crippen molar-refractivity contribution in [2.45, 2.75) is 32.7 Å². The van der Waals surface area contributed by atoms with Gasteiger partial charge in [0.1, 0.15) is 0 Å². The maximum absolute atomic E-state index is 4.74. The van der Waals surface area contributed by atoms with Gasteiger partial charge in [0.25, 0.3) is 5.88 Å². The van der Waals surface area contributed by atoms with Gasteiger partial charge in [-0.1, -0.05) is 13.8 Å². The van der Waals surface area contributed by atoms with Crippen LogP contribution in [0.3, 0.4) is 0 Å². The highest BCUT2D eigenvalue weighted by Crippen LogP contribution is 2.07. The molecule has 0 aromatic carbocycles. The number of anilines is 1. The van der Waals surface area contributed by atoms with E-state index in [1.54, 1.807) is 0 Å². The van der Waals surface area contributed by atoms with E-state index in [9.17, 15) is 0 Å². The lowest BCUT2D eigenvalue weighted by Crippen LogP contribution is -2.16. The maximum Gasteiger partial charge on any atom is 0.255 e. The van der Waals surface area contributed by atoms with Gasteiger partial charge in [-0.25, -0.2) is 0 Å². The van der Waals surface area contributed by atoms with Crippen molar-refractivity contribution in [1.82, 2.24) is 10.4 Å². The number of hydrogen-bond acceptors (Lipinski definition) is 4. The van der Waals surface area contributed by atoms with Gasteiger partial charge in [0, 0.05) is 11.3 Å². The van der Waals surface area contributed by atoms with Gasteiger partial charge in [-0.05, 0) is 12.8 Å². The minimum atomic E-state index is 0.431. The summed E-state index contributed by atoms with van der Waals surface area (Å²) in [6.07, 6.45) is 4.72. The molecule has 1 aromatic heterocycles. The summed E-state index contributed by atoms with van der Waals surface area (Å²) in [6, 6.07) is 0.431. The minimum absolute atomic E-state index is 0.431. The largest absolute Gasteiger partial charge is 0.349 e. The molecule has 1 N–H and O–H groups in total. The number of nitrogens with zero attached hydrogens (tertiary/aromatic N) is 2. The predicted octanol–water partition coefficient (Wildman–Crippen LogP) is 1.47. The molecule has 1 heterocycles. The van der Waals surface area contributed by atoms with Gasteiger partial charge in [0.2, 0.25) is 0 Å². The molecular formula is C7H12N3O. The first-order valence-corrected chi connectivity index (χ1v) is 3.83. The molecular weight excluding hydrogens is 142 g/mol. The topological polar surface area (TPSA) is 51.0 Å². The van der Waals surface area contributed by atoms with Crippen molar-refractivity contribution < 1.29 is 4.52 Å². The van der Waals surface area contributed by atoms with Gasteiger partial charge in [0.15, 0.2) is 6.20 Å².